The van der Waals surface area contributed by atoms with Crippen molar-refractivity contribution in [3.63, 3.8) is 0 Å². The van der Waals surface area contributed by atoms with Gasteiger partial charge in [-0.05, 0) is 30.2 Å². The highest BCUT2D eigenvalue weighted by molar-refractivity contribution is 7.92. The number of hydrogen-bond acceptors (Lipinski definition) is 5. The summed E-state index contributed by atoms with van der Waals surface area (Å²) in [6, 6.07) is 9.48. The van der Waals surface area contributed by atoms with E-state index in [1.165, 1.54) is 18.3 Å². The number of nitrogen functional groups attached to an aromatic ring is 1. The lowest BCUT2D eigenvalue weighted by molar-refractivity contribution is 0.299. The molecular weight excluding hydrogens is 278 g/mol. The summed E-state index contributed by atoms with van der Waals surface area (Å²) in [5.74, 6) is 0.145. The molecule has 0 fully saturated rings. The lowest BCUT2D eigenvalue weighted by atomic mass is 10.1. The van der Waals surface area contributed by atoms with E-state index < -0.39 is 10.0 Å². The van der Waals surface area contributed by atoms with Crippen LogP contribution in [0.2, 0.25) is 0 Å². The summed E-state index contributed by atoms with van der Waals surface area (Å²) in [5.41, 5.74) is 6.86. The molecule has 0 saturated carbocycles. The van der Waals surface area contributed by atoms with Gasteiger partial charge < -0.3 is 10.8 Å². The second-order valence-electron chi connectivity index (χ2n) is 4.19. The fourth-order valence-electron chi connectivity index (χ4n) is 1.68. The van der Waals surface area contributed by atoms with E-state index in [1.54, 1.807) is 24.3 Å². The summed E-state index contributed by atoms with van der Waals surface area (Å²) >= 11 is 0. The van der Waals surface area contributed by atoms with Gasteiger partial charge in [0.2, 0.25) is 0 Å². The molecule has 0 aliphatic heterocycles. The number of anilines is 2. The Morgan fingerprint density at radius 2 is 1.90 bits per heavy atom. The van der Waals surface area contributed by atoms with Gasteiger partial charge in [0.25, 0.3) is 10.0 Å². The van der Waals surface area contributed by atoms with Gasteiger partial charge in [-0.25, -0.2) is 13.4 Å². The molecule has 4 N–H and O–H groups in total. The van der Waals surface area contributed by atoms with Crippen LogP contribution in [0.5, 0.6) is 0 Å². The SMILES string of the molecule is Nc1cc(S(=O)(=O)Nc2ccc(CCO)cc2)ccn1. The molecule has 0 aliphatic carbocycles. The van der Waals surface area contributed by atoms with Gasteiger partial charge >= 0.3 is 0 Å². The Labute approximate surface area is 117 Å². The molecular formula is C13H15N3O3S. The summed E-state index contributed by atoms with van der Waals surface area (Å²) < 4.78 is 26.7. The Morgan fingerprint density at radius 1 is 1.20 bits per heavy atom. The highest BCUT2D eigenvalue weighted by Gasteiger charge is 2.14. The fourth-order valence-corrected chi connectivity index (χ4v) is 2.76. The van der Waals surface area contributed by atoms with Crippen LogP contribution in [0.1, 0.15) is 5.56 Å². The van der Waals surface area contributed by atoms with Crippen LogP contribution in [-0.4, -0.2) is 25.1 Å². The molecule has 0 saturated heterocycles. The Kier molecular flexibility index (Phi) is 4.21. The Hall–Kier alpha value is -2.12. The minimum absolute atomic E-state index is 0.0569. The van der Waals surface area contributed by atoms with Crippen molar-refractivity contribution in [3.8, 4) is 0 Å². The second-order valence-corrected chi connectivity index (χ2v) is 5.87. The molecule has 2 aromatic rings. The average Bonchev–Trinajstić information content (AvgIpc) is 2.41. The van der Waals surface area contributed by atoms with E-state index in [4.69, 9.17) is 10.8 Å². The highest BCUT2D eigenvalue weighted by atomic mass is 32.2. The van der Waals surface area contributed by atoms with Crippen molar-refractivity contribution >= 4 is 21.5 Å². The third-order valence-corrected chi connectivity index (χ3v) is 4.05. The Morgan fingerprint density at radius 3 is 2.50 bits per heavy atom. The van der Waals surface area contributed by atoms with Crippen molar-refractivity contribution in [2.24, 2.45) is 0 Å². The number of aliphatic hydroxyl groups is 1. The second kappa shape index (κ2) is 5.89. The van der Waals surface area contributed by atoms with Crippen LogP contribution in [0.4, 0.5) is 11.5 Å². The normalized spacial score (nSPS) is 11.2. The van der Waals surface area contributed by atoms with Crippen LogP contribution in [0, 0.1) is 0 Å². The summed E-state index contributed by atoms with van der Waals surface area (Å²) in [6.45, 7) is 0.0569. The number of rotatable bonds is 5. The van der Waals surface area contributed by atoms with E-state index in [0.717, 1.165) is 5.56 Å². The lowest BCUT2D eigenvalue weighted by Crippen LogP contribution is -2.13. The minimum atomic E-state index is -3.68. The maximum Gasteiger partial charge on any atom is 0.262 e. The maximum absolute atomic E-state index is 12.1. The molecule has 106 valence electrons. The van der Waals surface area contributed by atoms with E-state index in [1.807, 2.05) is 0 Å². The maximum atomic E-state index is 12.1. The van der Waals surface area contributed by atoms with E-state index in [9.17, 15) is 8.42 Å². The topological polar surface area (TPSA) is 105 Å². The summed E-state index contributed by atoms with van der Waals surface area (Å²) in [5, 5.41) is 8.82. The molecule has 7 heteroatoms. The predicted octanol–water partition coefficient (Wildman–Crippen LogP) is 0.999. The summed E-state index contributed by atoms with van der Waals surface area (Å²) in [4.78, 5) is 3.81. The van der Waals surface area contributed by atoms with Crippen molar-refractivity contribution in [2.45, 2.75) is 11.3 Å². The Balaban J connectivity index is 2.20. The van der Waals surface area contributed by atoms with Crippen molar-refractivity contribution in [1.82, 2.24) is 4.98 Å². The quantitative estimate of drug-likeness (QED) is 0.762. The first-order chi connectivity index (χ1) is 9.51. The molecule has 1 aromatic heterocycles. The molecule has 0 amide bonds. The van der Waals surface area contributed by atoms with Gasteiger partial charge in [0.15, 0.2) is 0 Å². The van der Waals surface area contributed by atoms with Crippen LogP contribution < -0.4 is 10.5 Å². The van der Waals surface area contributed by atoms with Crippen LogP contribution in [0.15, 0.2) is 47.5 Å². The molecule has 0 atom stereocenters. The number of aliphatic hydroxyl groups excluding tert-OH is 1. The van der Waals surface area contributed by atoms with Crippen LogP contribution in [0.25, 0.3) is 0 Å². The average molecular weight is 293 g/mol. The number of sulfonamides is 1. The van der Waals surface area contributed by atoms with Gasteiger partial charge in [0.1, 0.15) is 5.82 Å². The molecule has 6 nitrogen and oxygen atoms in total. The van der Waals surface area contributed by atoms with Gasteiger partial charge in [0, 0.05) is 24.6 Å². The van der Waals surface area contributed by atoms with E-state index in [2.05, 4.69) is 9.71 Å². The van der Waals surface area contributed by atoms with Crippen molar-refractivity contribution in [1.29, 1.82) is 0 Å². The number of aromatic nitrogens is 1. The highest BCUT2D eigenvalue weighted by Crippen LogP contribution is 2.17. The minimum Gasteiger partial charge on any atom is -0.396 e. The number of benzene rings is 1. The van der Waals surface area contributed by atoms with E-state index in [0.29, 0.717) is 12.1 Å². The first-order valence-corrected chi connectivity index (χ1v) is 7.44. The van der Waals surface area contributed by atoms with E-state index in [-0.39, 0.29) is 17.3 Å². The summed E-state index contributed by atoms with van der Waals surface area (Å²) in [7, 11) is -3.68. The molecule has 20 heavy (non-hydrogen) atoms. The van der Waals surface area contributed by atoms with Gasteiger partial charge in [0.05, 0.1) is 4.90 Å². The zero-order valence-electron chi connectivity index (χ0n) is 10.7. The number of hydrogen-bond donors (Lipinski definition) is 3. The number of nitrogens with zero attached hydrogens (tertiary/aromatic N) is 1. The van der Waals surface area contributed by atoms with E-state index >= 15 is 0 Å². The van der Waals surface area contributed by atoms with Crippen molar-refractivity contribution < 1.29 is 13.5 Å². The van der Waals surface area contributed by atoms with Crippen LogP contribution >= 0.6 is 0 Å². The number of pyridine rings is 1. The van der Waals surface area contributed by atoms with Crippen molar-refractivity contribution in [3.05, 3.63) is 48.2 Å². The Bertz CT molecular complexity index is 684. The van der Waals surface area contributed by atoms with Crippen LogP contribution in [0.3, 0.4) is 0 Å². The molecule has 1 heterocycles. The van der Waals surface area contributed by atoms with Gasteiger partial charge in [-0.1, -0.05) is 12.1 Å². The number of nitrogens with two attached hydrogens (primary N) is 1. The molecule has 2 rings (SSSR count). The monoisotopic (exact) mass is 293 g/mol. The smallest absolute Gasteiger partial charge is 0.262 e. The zero-order valence-corrected chi connectivity index (χ0v) is 11.5. The predicted molar refractivity (Wildman–Crippen MR) is 76.7 cm³/mol. The lowest BCUT2D eigenvalue weighted by Gasteiger charge is -2.09. The van der Waals surface area contributed by atoms with Gasteiger partial charge in [-0.15, -0.1) is 0 Å². The molecule has 0 radical (unpaired) electrons. The first kappa shape index (κ1) is 14.3. The number of nitrogens with one attached hydrogen (secondary N) is 1. The molecule has 0 unspecified atom stereocenters. The van der Waals surface area contributed by atoms with Gasteiger partial charge in [-0.2, -0.15) is 0 Å². The third kappa shape index (κ3) is 3.46. The largest absolute Gasteiger partial charge is 0.396 e. The van der Waals surface area contributed by atoms with Crippen LogP contribution in [-0.2, 0) is 16.4 Å². The first-order valence-electron chi connectivity index (χ1n) is 5.95. The molecule has 0 bridgehead atoms. The van der Waals surface area contributed by atoms with Crippen molar-refractivity contribution in [2.75, 3.05) is 17.1 Å². The fraction of sp³-hybridized carbons (Fsp3) is 0.154. The standard InChI is InChI=1S/C13H15N3O3S/c14-13-9-12(5-7-15-13)20(18,19)16-11-3-1-10(2-4-11)6-8-17/h1-5,7,9,16-17H,6,8H2,(H2,14,15). The summed E-state index contributed by atoms with van der Waals surface area (Å²) in [6.07, 6.45) is 1.88. The third-order valence-electron chi connectivity index (χ3n) is 2.67. The molecule has 0 aliphatic rings. The molecule has 0 spiro atoms. The molecule has 1 aromatic carbocycles. The zero-order chi connectivity index (χ0) is 14.6. The van der Waals surface area contributed by atoms with Gasteiger partial charge in [-0.3, -0.25) is 4.72 Å².